The summed E-state index contributed by atoms with van der Waals surface area (Å²) in [6.07, 6.45) is 7.46. The lowest BCUT2D eigenvalue weighted by atomic mass is 9.97. The molecule has 0 aliphatic heterocycles. The summed E-state index contributed by atoms with van der Waals surface area (Å²) in [7, 11) is -9.28. The van der Waals surface area contributed by atoms with Crippen molar-refractivity contribution in [1.82, 2.24) is 0 Å². The van der Waals surface area contributed by atoms with Gasteiger partial charge in [0.05, 0.1) is 26.4 Å². The zero-order valence-electron chi connectivity index (χ0n) is 22.4. The summed E-state index contributed by atoms with van der Waals surface area (Å²) in [5.74, 6) is 1.65. The van der Waals surface area contributed by atoms with E-state index in [-0.39, 0.29) is 37.3 Å². The number of rotatable bonds is 10. The van der Waals surface area contributed by atoms with Gasteiger partial charge < -0.3 is 49.8 Å². The molecule has 228 valence electrons. The van der Waals surface area contributed by atoms with Crippen LogP contribution in [0.2, 0.25) is 0 Å². The van der Waals surface area contributed by atoms with Gasteiger partial charge in [0.2, 0.25) is 0 Å². The quantitative estimate of drug-likeness (QED) is 0.0968. The van der Waals surface area contributed by atoms with Crippen molar-refractivity contribution in [3.63, 3.8) is 0 Å². The van der Waals surface area contributed by atoms with Crippen LogP contribution < -0.4 is 0 Å². The molecule has 0 amide bonds. The third kappa shape index (κ3) is 113. The van der Waals surface area contributed by atoms with Crippen molar-refractivity contribution in [3.05, 3.63) is 0 Å². The van der Waals surface area contributed by atoms with Gasteiger partial charge in [0.15, 0.2) is 0 Å². The Morgan fingerprint density at radius 1 is 0.528 bits per heavy atom. The molecule has 0 fully saturated rings. The van der Waals surface area contributed by atoms with Crippen LogP contribution >= 0.6 is 38.8 Å². The molecule has 0 aromatic heterocycles. The molecular formula is C20H52Cl2O12P2. The summed E-state index contributed by atoms with van der Waals surface area (Å²) in [5, 5.41) is 33.7. The Hall–Kier alpha value is 0.640. The highest BCUT2D eigenvalue weighted by atomic mass is 35.5. The number of aliphatic hydroxyl groups is 4. The Bertz CT molecular complexity index is 421. The molecule has 0 bridgehead atoms. The molecule has 10 N–H and O–H groups in total. The van der Waals surface area contributed by atoms with Crippen LogP contribution in [0.5, 0.6) is 0 Å². The van der Waals surface area contributed by atoms with E-state index in [1.807, 2.05) is 0 Å². The lowest BCUT2D eigenvalue weighted by molar-refractivity contribution is 0.0855. The van der Waals surface area contributed by atoms with E-state index in [1.54, 1.807) is 27.7 Å². The Kier molecular flexibility index (Phi) is 43.9. The van der Waals surface area contributed by atoms with Crippen molar-refractivity contribution in [2.75, 3.05) is 38.2 Å². The van der Waals surface area contributed by atoms with Crippen molar-refractivity contribution in [2.45, 2.75) is 80.1 Å². The van der Waals surface area contributed by atoms with Gasteiger partial charge in [0.25, 0.3) is 0 Å². The van der Waals surface area contributed by atoms with Gasteiger partial charge in [0.1, 0.15) is 0 Å². The van der Waals surface area contributed by atoms with E-state index in [1.165, 1.54) is 38.5 Å². The third-order valence-corrected chi connectivity index (χ3v) is 3.72. The second-order valence-electron chi connectivity index (χ2n) is 8.78. The number of unbranched alkanes of at least 4 members (excludes halogenated alkanes) is 4. The molecule has 12 nitrogen and oxygen atoms in total. The van der Waals surface area contributed by atoms with E-state index in [0.29, 0.717) is 0 Å². The summed E-state index contributed by atoms with van der Waals surface area (Å²) in [4.78, 5) is 43.1. The second kappa shape index (κ2) is 31.9. The first-order chi connectivity index (χ1) is 16.1. The summed E-state index contributed by atoms with van der Waals surface area (Å²) >= 11 is 10.8. The maximum Gasteiger partial charge on any atom is 0.466 e. The second-order valence-corrected chi connectivity index (χ2v) is 11.6. The van der Waals surface area contributed by atoms with Crippen LogP contribution in [0.4, 0.5) is 0 Å². The van der Waals surface area contributed by atoms with E-state index >= 15 is 0 Å². The normalized spacial score (nSPS) is 10.9. The SMILES string of the molecule is CC(C)(CO)CO.CC(C)(CO)CO.CCCCCCl.CCCCCCl.O=P(O)(O)O.O=P(O)(O)O. The van der Waals surface area contributed by atoms with E-state index in [9.17, 15) is 0 Å². The van der Waals surface area contributed by atoms with Crippen molar-refractivity contribution in [3.8, 4) is 0 Å². The number of phosphoric acid groups is 2. The van der Waals surface area contributed by atoms with Gasteiger partial charge >= 0.3 is 15.6 Å². The minimum absolute atomic E-state index is 0.0451. The van der Waals surface area contributed by atoms with Crippen LogP contribution in [0.15, 0.2) is 0 Å². The van der Waals surface area contributed by atoms with Crippen molar-refractivity contribution >= 4 is 38.8 Å². The maximum atomic E-state index is 8.88. The molecule has 0 rings (SSSR count). The van der Waals surface area contributed by atoms with Crippen LogP contribution in [0, 0.1) is 10.8 Å². The van der Waals surface area contributed by atoms with Crippen LogP contribution in [0.1, 0.15) is 80.1 Å². The van der Waals surface area contributed by atoms with E-state index in [4.69, 9.17) is 82.1 Å². The summed E-state index contributed by atoms with van der Waals surface area (Å²) in [5.41, 5.74) is -0.611. The monoisotopic (exact) mass is 616 g/mol. The highest BCUT2D eigenvalue weighted by molar-refractivity contribution is 7.45. The fourth-order valence-corrected chi connectivity index (χ4v) is 1.17. The molecule has 0 atom stereocenters. The predicted octanol–water partition coefficient (Wildman–Crippen LogP) is 2.97. The van der Waals surface area contributed by atoms with Gasteiger partial charge in [-0.25, -0.2) is 9.13 Å². The molecule has 0 saturated heterocycles. The topological polar surface area (TPSA) is 236 Å². The first kappa shape index (κ1) is 49.6. The molecule has 0 aromatic carbocycles. The average molecular weight is 617 g/mol. The maximum absolute atomic E-state index is 8.88. The first-order valence-corrected chi connectivity index (χ1v) is 15.4. The van der Waals surface area contributed by atoms with Crippen molar-refractivity contribution < 1.29 is 58.9 Å². The zero-order valence-corrected chi connectivity index (χ0v) is 25.7. The van der Waals surface area contributed by atoms with Crippen LogP contribution in [-0.2, 0) is 9.13 Å². The van der Waals surface area contributed by atoms with Crippen LogP contribution in [0.25, 0.3) is 0 Å². The van der Waals surface area contributed by atoms with Crippen molar-refractivity contribution in [2.24, 2.45) is 10.8 Å². The van der Waals surface area contributed by atoms with Gasteiger partial charge in [-0.05, 0) is 12.8 Å². The van der Waals surface area contributed by atoms with Crippen LogP contribution in [0.3, 0.4) is 0 Å². The number of halogens is 2. The Balaban J connectivity index is -0.0000000754. The fourth-order valence-electron chi connectivity index (χ4n) is 0.789. The van der Waals surface area contributed by atoms with E-state index in [0.717, 1.165) is 11.8 Å². The average Bonchev–Trinajstić information content (AvgIpc) is 2.75. The van der Waals surface area contributed by atoms with E-state index < -0.39 is 15.6 Å². The smallest absolute Gasteiger partial charge is 0.396 e. The largest absolute Gasteiger partial charge is 0.466 e. The minimum atomic E-state index is -4.64. The first-order valence-electron chi connectivity index (χ1n) is 11.2. The zero-order chi connectivity index (χ0) is 30.5. The number of alkyl halides is 2. The Morgan fingerprint density at radius 2 is 0.694 bits per heavy atom. The lowest BCUT2D eigenvalue weighted by Crippen LogP contribution is -2.20. The molecule has 0 aliphatic carbocycles. The van der Waals surface area contributed by atoms with Crippen LogP contribution in [-0.4, -0.2) is 88.0 Å². The standard InChI is InChI=1S/2C5H11Cl.2C5H12O2.2H3O4P/c2*1-2-3-4-5-6;2*1-5(2,3-6)4-7;2*1-5(2,3)4/h2*2-5H2,1H3;2*6-7H,3-4H2,1-2H3;2*(H3,1,2,3,4). The summed E-state index contributed by atoms with van der Waals surface area (Å²) < 4.78 is 17.8. The number of hydrogen-bond acceptors (Lipinski definition) is 6. The van der Waals surface area contributed by atoms with Gasteiger partial charge in [-0.15, -0.1) is 23.2 Å². The van der Waals surface area contributed by atoms with Crippen molar-refractivity contribution in [1.29, 1.82) is 0 Å². The number of aliphatic hydroxyl groups excluding tert-OH is 4. The summed E-state index contributed by atoms with van der Waals surface area (Å²) in [6.45, 7) is 11.7. The molecule has 0 heterocycles. The van der Waals surface area contributed by atoms with Gasteiger partial charge in [-0.3, -0.25) is 0 Å². The molecule has 36 heavy (non-hydrogen) atoms. The molecule has 0 radical (unpaired) electrons. The third-order valence-electron chi connectivity index (χ3n) is 3.19. The van der Waals surface area contributed by atoms with Gasteiger partial charge in [0, 0.05) is 22.6 Å². The molecule has 0 saturated carbocycles. The molecule has 0 aliphatic rings. The lowest BCUT2D eigenvalue weighted by Gasteiger charge is -2.16. The molecule has 16 heteroatoms. The molecule has 0 spiro atoms. The molecule has 0 aromatic rings. The number of hydrogen-bond donors (Lipinski definition) is 10. The molecule has 0 unspecified atom stereocenters. The Morgan fingerprint density at radius 3 is 0.722 bits per heavy atom. The van der Waals surface area contributed by atoms with Gasteiger partial charge in [-0.2, -0.15) is 0 Å². The highest BCUT2D eigenvalue weighted by Crippen LogP contribution is 2.26. The Labute approximate surface area is 226 Å². The molecular weight excluding hydrogens is 565 g/mol. The minimum Gasteiger partial charge on any atom is -0.396 e. The predicted molar refractivity (Wildman–Crippen MR) is 145 cm³/mol. The van der Waals surface area contributed by atoms with E-state index in [2.05, 4.69) is 13.8 Å². The van der Waals surface area contributed by atoms with Gasteiger partial charge in [-0.1, -0.05) is 67.2 Å². The highest BCUT2D eigenvalue weighted by Gasteiger charge is 2.13. The fraction of sp³-hybridized carbons (Fsp3) is 1.00. The summed E-state index contributed by atoms with van der Waals surface area (Å²) in [6, 6.07) is 0.